The molecule has 0 saturated carbocycles. The van der Waals surface area contributed by atoms with Crippen molar-refractivity contribution in [1.82, 2.24) is 0 Å². The van der Waals surface area contributed by atoms with Gasteiger partial charge in [-0.2, -0.15) is 8.42 Å². The number of hydrogen-bond donors (Lipinski definition) is 4. The van der Waals surface area contributed by atoms with Gasteiger partial charge < -0.3 is 15.9 Å². The second-order valence-electron chi connectivity index (χ2n) is 7.74. The van der Waals surface area contributed by atoms with Crippen LogP contribution in [-0.2, 0) is 24.5 Å². The molecule has 34 heavy (non-hydrogen) atoms. The first-order valence-electron chi connectivity index (χ1n) is 11.4. The first-order valence-corrected chi connectivity index (χ1v) is 12.9. The first-order chi connectivity index (χ1) is 15.0. The number of primary amides is 1. The number of carbonyl (C=O) groups excluding carboxylic acids is 1. The molecule has 12 heteroatoms. The summed E-state index contributed by atoms with van der Waals surface area (Å²) < 4.78 is 28.7. The van der Waals surface area contributed by atoms with Crippen LogP contribution in [0.2, 0.25) is 0 Å². The molecule has 0 saturated heterocycles. The Balaban J connectivity index is -0.000000279. The summed E-state index contributed by atoms with van der Waals surface area (Å²) in [4.78, 5) is 30.5. The number of rotatable bonds is 19. The third-order valence-electron chi connectivity index (χ3n) is 4.68. The van der Waals surface area contributed by atoms with Gasteiger partial charge in [0.15, 0.2) is 5.25 Å². The zero-order chi connectivity index (χ0) is 24.8. The molecule has 0 aromatic heterocycles. The first kappa shape index (κ1) is 41.2. The summed E-state index contributed by atoms with van der Waals surface area (Å²) in [5.41, 5.74) is 5.10. The number of carboxylic acid groups (broad SMARTS) is 2. The molecule has 0 bridgehead atoms. The third-order valence-corrected chi connectivity index (χ3v) is 5.77. The van der Waals surface area contributed by atoms with Crippen LogP contribution in [-0.4, -0.2) is 105 Å². The molecule has 0 aliphatic rings. The van der Waals surface area contributed by atoms with Crippen LogP contribution in [0.15, 0.2) is 12.2 Å². The molecule has 0 aromatic rings. The molecule has 0 aliphatic heterocycles. The Bertz CT molecular complexity index is 657. The summed E-state index contributed by atoms with van der Waals surface area (Å²) in [6, 6.07) is 0. The van der Waals surface area contributed by atoms with E-state index in [1.807, 2.05) is 0 Å². The van der Waals surface area contributed by atoms with Crippen molar-refractivity contribution in [2.75, 3.05) is 0 Å². The zero-order valence-corrected chi connectivity index (χ0v) is 20.0. The predicted molar refractivity (Wildman–Crippen MR) is 138 cm³/mol. The predicted octanol–water partition coefficient (Wildman–Crippen LogP) is 3.01. The topological polar surface area (TPSA) is 172 Å². The van der Waals surface area contributed by atoms with Gasteiger partial charge in [0.05, 0.1) is 6.42 Å². The number of carbonyl (C=O) groups is 3. The maximum absolute atomic E-state index is 10.5. The van der Waals surface area contributed by atoms with Crippen LogP contribution in [0.4, 0.5) is 0 Å². The van der Waals surface area contributed by atoms with E-state index >= 15 is 0 Å². The van der Waals surface area contributed by atoms with E-state index in [1.165, 1.54) is 70.6 Å². The molecule has 0 fully saturated rings. The van der Waals surface area contributed by atoms with Crippen molar-refractivity contribution in [3.8, 4) is 0 Å². The molecule has 1 unspecified atom stereocenters. The number of carboxylic acids is 2. The van der Waals surface area contributed by atoms with Crippen LogP contribution in [0, 0.1) is 0 Å². The summed E-state index contributed by atoms with van der Waals surface area (Å²) >= 11 is 0. The molecule has 0 aliphatic carbocycles. The molecular weight excluding hydrogens is 484 g/mol. The van der Waals surface area contributed by atoms with E-state index in [0.29, 0.717) is 6.42 Å². The molecule has 0 spiro atoms. The van der Waals surface area contributed by atoms with Crippen molar-refractivity contribution in [1.29, 1.82) is 0 Å². The van der Waals surface area contributed by atoms with Gasteiger partial charge in [0.25, 0.3) is 10.1 Å². The van der Waals surface area contributed by atoms with E-state index in [9.17, 15) is 22.8 Å². The Hall–Kier alpha value is 0.0600. The standard InChI is InChI=1S/C18H35NO.C4H6O7S.2Na.2H/c1-2-3-4-5-6-7-8-9-10-11-12-13-14-15-16-17-18(19)20;5-3(6)1-2(4(7)8)12(9,10)11;;;;/h9-10H,2-8,11-17H2,1H3,(H2,19,20);2H,1H2,(H,5,6)(H,7,8)(H,9,10,11);;;;/b10-9-;;;;;. The molecule has 0 rings (SSSR count). The average molecular weight is 528 g/mol. The van der Waals surface area contributed by atoms with E-state index in [-0.39, 0.29) is 65.0 Å². The number of allylic oxidation sites excluding steroid dienone is 2. The van der Waals surface area contributed by atoms with Gasteiger partial charge in [0, 0.05) is 6.42 Å². The number of nitrogens with two attached hydrogens (primary N) is 1. The van der Waals surface area contributed by atoms with Crippen molar-refractivity contribution >= 4 is 87.1 Å². The molecule has 0 heterocycles. The average Bonchev–Trinajstić information content (AvgIpc) is 2.68. The van der Waals surface area contributed by atoms with Crippen molar-refractivity contribution in [3.05, 3.63) is 12.2 Å². The van der Waals surface area contributed by atoms with Gasteiger partial charge in [-0.25, -0.2) is 0 Å². The zero-order valence-electron chi connectivity index (χ0n) is 19.2. The van der Waals surface area contributed by atoms with Crippen molar-refractivity contribution in [2.24, 2.45) is 5.73 Å². The van der Waals surface area contributed by atoms with Gasteiger partial charge in [-0.15, -0.1) is 0 Å². The summed E-state index contributed by atoms with van der Waals surface area (Å²) in [5.74, 6) is -3.66. The summed E-state index contributed by atoms with van der Waals surface area (Å²) in [6.07, 6.45) is 20.8. The van der Waals surface area contributed by atoms with Gasteiger partial charge in [0.1, 0.15) is 0 Å². The van der Waals surface area contributed by atoms with E-state index in [1.54, 1.807) is 0 Å². The molecule has 1 atom stereocenters. The van der Waals surface area contributed by atoms with Gasteiger partial charge in [-0.1, -0.05) is 70.4 Å². The normalized spacial score (nSPS) is 11.5. The summed E-state index contributed by atoms with van der Waals surface area (Å²) in [7, 11) is -4.84. The van der Waals surface area contributed by atoms with E-state index < -0.39 is 33.7 Å². The van der Waals surface area contributed by atoms with E-state index in [2.05, 4.69) is 19.1 Å². The number of amides is 1. The molecule has 0 aromatic carbocycles. The van der Waals surface area contributed by atoms with E-state index in [4.69, 9.17) is 20.5 Å². The van der Waals surface area contributed by atoms with Crippen LogP contribution in [0.25, 0.3) is 0 Å². The molecule has 5 N–H and O–H groups in total. The number of unbranched alkanes of at least 4 members (excludes halogenated alkanes) is 11. The fraction of sp³-hybridized carbons (Fsp3) is 0.773. The van der Waals surface area contributed by atoms with Crippen LogP contribution < -0.4 is 5.73 Å². The van der Waals surface area contributed by atoms with Crippen LogP contribution in [0.3, 0.4) is 0 Å². The fourth-order valence-corrected chi connectivity index (χ4v) is 3.46. The second kappa shape index (κ2) is 27.6. The Labute approximate surface area is 249 Å². The van der Waals surface area contributed by atoms with Crippen molar-refractivity contribution in [3.63, 3.8) is 0 Å². The second-order valence-corrected chi connectivity index (χ2v) is 9.34. The fourth-order valence-electron chi connectivity index (χ4n) is 2.85. The SMILES string of the molecule is CCCCCCCC/C=C\CCCCCCCC(N)=O.O=C(O)CC(C(=O)O)S(=O)(=O)O.[NaH].[NaH]. The van der Waals surface area contributed by atoms with Gasteiger partial charge in [-0.05, 0) is 32.1 Å². The van der Waals surface area contributed by atoms with Gasteiger partial charge in [0.2, 0.25) is 5.91 Å². The Kier molecular flexibility index (Phi) is 33.5. The van der Waals surface area contributed by atoms with Crippen molar-refractivity contribution < 1.29 is 37.6 Å². The molecule has 9 nitrogen and oxygen atoms in total. The Morgan fingerprint density at radius 1 is 0.794 bits per heavy atom. The summed E-state index contributed by atoms with van der Waals surface area (Å²) in [5, 5.41) is 13.9. The maximum atomic E-state index is 10.5. The molecule has 192 valence electrons. The summed E-state index contributed by atoms with van der Waals surface area (Å²) in [6.45, 7) is 2.26. The molecular formula is C22H43NNa2O8S. The molecule has 1 amide bonds. The monoisotopic (exact) mass is 527 g/mol. The van der Waals surface area contributed by atoms with E-state index in [0.717, 1.165) is 12.8 Å². The Morgan fingerprint density at radius 2 is 1.21 bits per heavy atom. The number of aliphatic carboxylic acids is 2. The molecule has 0 radical (unpaired) electrons. The van der Waals surface area contributed by atoms with Crippen molar-refractivity contribution in [2.45, 2.75) is 108 Å². The minimum atomic E-state index is -4.84. The van der Waals surface area contributed by atoms with Crippen LogP contribution >= 0.6 is 0 Å². The number of hydrogen-bond acceptors (Lipinski definition) is 5. The third kappa shape index (κ3) is 32.1. The Morgan fingerprint density at radius 3 is 1.53 bits per heavy atom. The minimum absolute atomic E-state index is 0. The quantitative estimate of drug-likeness (QED) is 0.0859. The van der Waals surface area contributed by atoms with Gasteiger partial charge >= 0.3 is 71.1 Å². The van der Waals surface area contributed by atoms with Crippen LogP contribution in [0.1, 0.15) is 103 Å². The van der Waals surface area contributed by atoms with Crippen LogP contribution in [0.5, 0.6) is 0 Å². The van der Waals surface area contributed by atoms with Gasteiger partial charge in [-0.3, -0.25) is 18.9 Å².